The van der Waals surface area contributed by atoms with E-state index in [-0.39, 0.29) is 16.3 Å². The van der Waals surface area contributed by atoms with E-state index in [4.69, 9.17) is 11.6 Å². The van der Waals surface area contributed by atoms with Crippen molar-refractivity contribution in [1.29, 1.82) is 0 Å². The normalized spacial score (nSPS) is 10.6. The number of hydrogen-bond donors (Lipinski definition) is 0. The van der Waals surface area contributed by atoms with Crippen molar-refractivity contribution >= 4 is 17.4 Å². The molecule has 0 unspecified atom stereocenters. The van der Waals surface area contributed by atoms with Crippen molar-refractivity contribution in [2.24, 2.45) is 0 Å². The van der Waals surface area contributed by atoms with Gasteiger partial charge in [-0.25, -0.2) is 9.07 Å². The Bertz CT molecular complexity index is 799. The van der Waals surface area contributed by atoms with Gasteiger partial charge in [-0.3, -0.25) is 4.79 Å². The number of rotatable bonds is 3. The fourth-order valence-corrected chi connectivity index (χ4v) is 2.14. The van der Waals surface area contributed by atoms with Gasteiger partial charge in [0, 0.05) is 11.2 Å². The smallest absolute Gasteiger partial charge is 0.216 e. The minimum absolute atomic E-state index is 0.0438. The number of carbonyl (C=O) groups excluding carboxylic acids is 1. The molecule has 3 rings (SSSR count). The van der Waals surface area contributed by atoms with Gasteiger partial charge >= 0.3 is 0 Å². The first-order valence-electron chi connectivity index (χ1n) is 6.26. The van der Waals surface area contributed by atoms with E-state index in [1.54, 1.807) is 16.9 Å². The van der Waals surface area contributed by atoms with Crippen molar-refractivity contribution < 1.29 is 9.18 Å². The molecule has 5 heteroatoms. The highest BCUT2D eigenvalue weighted by Gasteiger charge is 2.17. The van der Waals surface area contributed by atoms with Crippen LogP contribution < -0.4 is 0 Å². The van der Waals surface area contributed by atoms with Crippen LogP contribution in [0.2, 0.25) is 5.02 Å². The molecule has 0 radical (unpaired) electrons. The summed E-state index contributed by atoms with van der Waals surface area (Å²) in [5.74, 6) is -1.12. The summed E-state index contributed by atoms with van der Waals surface area (Å²) in [6.45, 7) is 0. The molecule has 0 aliphatic heterocycles. The van der Waals surface area contributed by atoms with Crippen LogP contribution in [0.15, 0.2) is 60.8 Å². The van der Waals surface area contributed by atoms with Crippen LogP contribution >= 0.6 is 11.6 Å². The predicted octanol–water partition coefficient (Wildman–Crippen LogP) is 3.90. The summed E-state index contributed by atoms with van der Waals surface area (Å²) in [7, 11) is 0. The van der Waals surface area contributed by atoms with Gasteiger partial charge in [-0.1, -0.05) is 29.8 Å². The van der Waals surface area contributed by atoms with Crippen molar-refractivity contribution in [1.82, 2.24) is 9.78 Å². The van der Waals surface area contributed by atoms with E-state index in [9.17, 15) is 9.18 Å². The lowest BCUT2D eigenvalue weighted by molar-refractivity contribution is 0.103. The minimum Gasteiger partial charge on any atom is -0.287 e. The van der Waals surface area contributed by atoms with Gasteiger partial charge in [-0.05, 0) is 36.4 Å². The van der Waals surface area contributed by atoms with E-state index >= 15 is 0 Å². The van der Waals surface area contributed by atoms with Crippen molar-refractivity contribution in [2.45, 2.75) is 0 Å². The van der Waals surface area contributed by atoms with Gasteiger partial charge in [-0.2, -0.15) is 5.10 Å². The van der Waals surface area contributed by atoms with Crippen molar-refractivity contribution in [2.75, 3.05) is 0 Å². The molecule has 2 aromatic carbocycles. The Labute approximate surface area is 125 Å². The third-order valence-electron chi connectivity index (χ3n) is 3.02. The molecule has 0 bridgehead atoms. The molecule has 21 heavy (non-hydrogen) atoms. The van der Waals surface area contributed by atoms with Crippen LogP contribution in [-0.2, 0) is 0 Å². The molecular weight excluding hydrogens is 291 g/mol. The summed E-state index contributed by atoms with van der Waals surface area (Å²) in [5.41, 5.74) is 0.964. The van der Waals surface area contributed by atoms with Crippen LogP contribution in [0.4, 0.5) is 4.39 Å². The lowest BCUT2D eigenvalue weighted by atomic mass is 10.1. The molecule has 0 spiro atoms. The largest absolute Gasteiger partial charge is 0.287 e. The number of benzene rings is 2. The fourth-order valence-electron chi connectivity index (χ4n) is 1.98. The standard InChI is InChI=1S/C16H10ClFN2O/c17-11-6-7-13(14(18)10-11)16(21)15-8-9-20(19-15)12-4-2-1-3-5-12/h1-10H. The van der Waals surface area contributed by atoms with Crippen LogP contribution in [0.5, 0.6) is 0 Å². The van der Waals surface area contributed by atoms with Gasteiger partial charge < -0.3 is 0 Å². The SMILES string of the molecule is O=C(c1ccn(-c2ccccc2)n1)c1ccc(Cl)cc1F. The molecule has 0 amide bonds. The third-order valence-corrected chi connectivity index (χ3v) is 3.25. The Morgan fingerprint density at radius 2 is 1.86 bits per heavy atom. The first-order valence-corrected chi connectivity index (χ1v) is 6.64. The number of halogens is 2. The maximum atomic E-state index is 13.8. The highest BCUT2D eigenvalue weighted by atomic mass is 35.5. The number of para-hydroxylation sites is 1. The van der Waals surface area contributed by atoms with Crippen LogP contribution in [0.3, 0.4) is 0 Å². The van der Waals surface area contributed by atoms with E-state index in [0.29, 0.717) is 0 Å². The molecule has 0 aliphatic carbocycles. The Morgan fingerprint density at radius 3 is 2.57 bits per heavy atom. The topological polar surface area (TPSA) is 34.9 Å². The number of aromatic nitrogens is 2. The van der Waals surface area contributed by atoms with Gasteiger partial charge in [0.15, 0.2) is 0 Å². The van der Waals surface area contributed by atoms with Crippen molar-refractivity contribution in [3.8, 4) is 5.69 Å². The average Bonchev–Trinajstić information content (AvgIpc) is 2.97. The molecule has 0 saturated heterocycles. The summed E-state index contributed by atoms with van der Waals surface area (Å²) >= 11 is 5.68. The fraction of sp³-hybridized carbons (Fsp3) is 0. The second kappa shape index (κ2) is 5.50. The van der Waals surface area contributed by atoms with E-state index in [0.717, 1.165) is 11.8 Å². The highest BCUT2D eigenvalue weighted by Crippen LogP contribution is 2.18. The van der Waals surface area contributed by atoms with Crippen LogP contribution in [0, 0.1) is 5.82 Å². The highest BCUT2D eigenvalue weighted by molar-refractivity contribution is 6.30. The Morgan fingerprint density at radius 1 is 1.10 bits per heavy atom. The number of carbonyl (C=O) groups is 1. The first-order chi connectivity index (χ1) is 10.1. The minimum atomic E-state index is -0.651. The quantitative estimate of drug-likeness (QED) is 0.688. The molecular formula is C16H10ClFN2O. The molecule has 0 saturated carbocycles. The molecule has 104 valence electrons. The first kappa shape index (κ1) is 13.5. The zero-order valence-electron chi connectivity index (χ0n) is 10.8. The maximum absolute atomic E-state index is 13.8. The van der Waals surface area contributed by atoms with Gasteiger partial charge in [-0.15, -0.1) is 0 Å². The average molecular weight is 301 g/mol. The molecule has 3 nitrogen and oxygen atoms in total. The summed E-state index contributed by atoms with van der Waals surface area (Å²) in [6, 6.07) is 14.9. The van der Waals surface area contributed by atoms with Crippen LogP contribution in [0.25, 0.3) is 5.69 Å². The monoisotopic (exact) mass is 300 g/mol. The van der Waals surface area contributed by atoms with Crippen molar-refractivity contribution in [3.63, 3.8) is 0 Å². The molecule has 0 aliphatic rings. The van der Waals surface area contributed by atoms with Crippen LogP contribution in [0.1, 0.15) is 16.1 Å². The summed E-state index contributed by atoms with van der Waals surface area (Å²) in [4.78, 5) is 12.3. The summed E-state index contributed by atoms with van der Waals surface area (Å²) < 4.78 is 15.3. The molecule has 0 fully saturated rings. The lowest BCUT2D eigenvalue weighted by Gasteiger charge is -2.01. The van der Waals surface area contributed by atoms with E-state index in [1.807, 2.05) is 30.3 Å². The molecule has 3 aromatic rings. The van der Waals surface area contributed by atoms with E-state index in [2.05, 4.69) is 5.10 Å². The van der Waals surface area contributed by atoms with Crippen LogP contribution in [-0.4, -0.2) is 15.6 Å². The summed E-state index contributed by atoms with van der Waals surface area (Å²) in [6.07, 6.45) is 1.66. The Hall–Kier alpha value is -2.46. The van der Waals surface area contributed by atoms with Gasteiger partial charge in [0.2, 0.25) is 5.78 Å². The van der Waals surface area contributed by atoms with Crippen molar-refractivity contribution in [3.05, 3.63) is 82.9 Å². The van der Waals surface area contributed by atoms with Gasteiger partial charge in [0.1, 0.15) is 11.5 Å². The third kappa shape index (κ3) is 2.71. The zero-order chi connectivity index (χ0) is 14.8. The van der Waals surface area contributed by atoms with E-state index < -0.39 is 11.6 Å². The van der Waals surface area contributed by atoms with E-state index in [1.165, 1.54) is 12.1 Å². The number of nitrogens with zero attached hydrogens (tertiary/aromatic N) is 2. The lowest BCUT2D eigenvalue weighted by Crippen LogP contribution is -2.06. The second-order valence-corrected chi connectivity index (χ2v) is 4.87. The molecule has 0 N–H and O–H groups in total. The zero-order valence-corrected chi connectivity index (χ0v) is 11.6. The Balaban J connectivity index is 1.94. The maximum Gasteiger partial charge on any atom is 0.216 e. The number of hydrogen-bond acceptors (Lipinski definition) is 2. The predicted molar refractivity (Wildman–Crippen MR) is 78.4 cm³/mol. The van der Waals surface area contributed by atoms with Gasteiger partial charge in [0.05, 0.1) is 11.3 Å². The Kier molecular flexibility index (Phi) is 3.54. The molecule has 0 atom stereocenters. The second-order valence-electron chi connectivity index (χ2n) is 4.43. The number of ketones is 1. The van der Waals surface area contributed by atoms with Gasteiger partial charge in [0.25, 0.3) is 0 Å². The molecule has 1 heterocycles. The summed E-state index contributed by atoms with van der Waals surface area (Å²) in [5, 5.41) is 4.44. The molecule has 1 aromatic heterocycles.